The van der Waals surface area contributed by atoms with E-state index in [9.17, 15) is 4.79 Å². The van der Waals surface area contributed by atoms with Gasteiger partial charge in [-0.3, -0.25) is 0 Å². The lowest BCUT2D eigenvalue weighted by atomic mass is 10.0. The second-order valence-corrected chi connectivity index (χ2v) is 4.99. The van der Waals surface area contributed by atoms with Crippen molar-refractivity contribution in [2.24, 2.45) is 0 Å². The number of furan rings is 1. The van der Waals surface area contributed by atoms with Gasteiger partial charge in [0.05, 0.1) is 6.26 Å². The minimum absolute atomic E-state index is 0.417. The van der Waals surface area contributed by atoms with Crippen LogP contribution in [0.25, 0.3) is 6.08 Å². The van der Waals surface area contributed by atoms with Crippen LogP contribution < -0.4 is 0 Å². The molecule has 3 rings (SSSR count). The van der Waals surface area contributed by atoms with Crippen molar-refractivity contribution < 1.29 is 13.9 Å². The topological polar surface area (TPSA) is 39.4 Å². The first-order chi connectivity index (χ1) is 11.3. The second kappa shape index (κ2) is 7.27. The number of benzene rings is 2. The predicted octanol–water partition coefficient (Wildman–Crippen LogP) is 4.63. The fourth-order valence-electron chi connectivity index (χ4n) is 2.28. The monoisotopic (exact) mass is 304 g/mol. The molecule has 0 amide bonds. The summed E-state index contributed by atoms with van der Waals surface area (Å²) in [4.78, 5) is 12.1. The minimum Gasteiger partial charge on any atom is -0.465 e. The quantitative estimate of drug-likeness (QED) is 0.510. The summed E-state index contributed by atoms with van der Waals surface area (Å²) in [5.41, 5.74) is 1.86. The maximum atomic E-state index is 12.1. The Kier molecular flexibility index (Phi) is 4.69. The van der Waals surface area contributed by atoms with Gasteiger partial charge in [0.1, 0.15) is 5.76 Å². The third-order valence-electron chi connectivity index (χ3n) is 3.37. The first-order valence-electron chi connectivity index (χ1n) is 7.35. The van der Waals surface area contributed by atoms with Crippen LogP contribution in [0.4, 0.5) is 0 Å². The maximum Gasteiger partial charge on any atom is 0.331 e. The molecule has 1 heterocycles. The standard InChI is InChI=1S/C20H16O3/c21-19(14-13-18-12-7-15-22-18)23-20(16-8-3-1-4-9-16)17-10-5-2-6-11-17/h1-15,20H/b14-13+. The molecule has 0 bridgehead atoms. The molecule has 0 unspecified atom stereocenters. The van der Waals surface area contributed by atoms with Gasteiger partial charge in [0, 0.05) is 6.08 Å². The van der Waals surface area contributed by atoms with Crippen LogP contribution in [0.5, 0.6) is 0 Å². The van der Waals surface area contributed by atoms with Gasteiger partial charge >= 0.3 is 5.97 Å². The zero-order valence-electron chi connectivity index (χ0n) is 12.5. The van der Waals surface area contributed by atoms with Crippen molar-refractivity contribution in [2.75, 3.05) is 0 Å². The Morgan fingerprint density at radius 1 is 0.870 bits per heavy atom. The molecular weight excluding hydrogens is 288 g/mol. The summed E-state index contributed by atoms with van der Waals surface area (Å²) in [6.07, 6.45) is 4.08. The summed E-state index contributed by atoms with van der Waals surface area (Å²) >= 11 is 0. The molecule has 2 aromatic carbocycles. The van der Waals surface area contributed by atoms with E-state index in [-0.39, 0.29) is 0 Å². The van der Waals surface area contributed by atoms with E-state index in [4.69, 9.17) is 9.15 Å². The molecule has 0 aliphatic carbocycles. The van der Waals surface area contributed by atoms with E-state index in [1.165, 1.54) is 6.08 Å². The fraction of sp³-hybridized carbons (Fsp3) is 0.0500. The molecule has 0 spiro atoms. The Morgan fingerprint density at radius 2 is 1.48 bits per heavy atom. The van der Waals surface area contributed by atoms with E-state index < -0.39 is 12.1 Å². The van der Waals surface area contributed by atoms with Crippen molar-refractivity contribution in [2.45, 2.75) is 6.10 Å². The van der Waals surface area contributed by atoms with Crippen molar-refractivity contribution in [3.8, 4) is 0 Å². The predicted molar refractivity (Wildman–Crippen MR) is 88.6 cm³/mol. The molecule has 0 aliphatic rings. The van der Waals surface area contributed by atoms with Gasteiger partial charge in [0.2, 0.25) is 0 Å². The van der Waals surface area contributed by atoms with Crippen LogP contribution in [-0.2, 0) is 9.53 Å². The van der Waals surface area contributed by atoms with E-state index in [1.807, 2.05) is 60.7 Å². The molecule has 3 heteroatoms. The Bertz CT molecular complexity index is 720. The zero-order chi connectivity index (χ0) is 15.9. The lowest BCUT2D eigenvalue weighted by molar-refractivity contribution is -0.141. The summed E-state index contributed by atoms with van der Waals surface area (Å²) in [5, 5.41) is 0. The van der Waals surface area contributed by atoms with Gasteiger partial charge in [-0.2, -0.15) is 0 Å². The van der Waals surface area contributed by atoms with Crippen LogP contribution in [0.1, 0.15) is 23.0 Å². The van der Waals surface area contributed by atoms with E-state index >= 15 is 0 Å². The third kappa shape index (κ3) is 3.98. The first kappa shape index (κ1) is 14.9. The molecule has 0 atom stereocenters. The van der Waals surface area contributed by atoms with E-state index in [0.717, 1.165) is 11.1 Å². The molecular formula is C20H16O3. The van der Waals surface area contributed by atoms with Gasteiger partial charge < -0.3 is 9.15 Å². The van der Waals surface area contributed by atoms with Crippen molar-refractivity contribution in [1.29, 1.82) is 0 Å². The van der Waals surface area contributed by atoms with Crippen molar-refractivity contribution >= 4 is 12.0 Å². The number of hydrogen-bond acceptors (Lipinski definition) is 3. The highest BCUT2D eigenvalue weighted by Gasteiger charge is 2.17. The molecule has 0 fully saturated rings. The highest BCUT2D eigenvalue weighted by Crippen LogP contribution is 2.26. The summed E-state index contributed by atoms with van der Waals surface area (Å²) < 4.78 is 10.8. The van der Waals surface area contributed by atoms with Crippen LogP contribution in [0.15, 0.2) is 89.6 Å². The molecule has 114 valence electrons. The molecule has 0 N–H and O–H groups in total. The van der Waals surface area contributed by atoms with Gasteiger partial charge in [0.15, 0.2) is 6.10 Å². The van der Waals surface area contributed by atoms with Crippen molar-refractivity contribution in [3.05, 3.63) is 102 Å². The highest BCUT2D eigenvalue weighted by atomic mass is 16.5. The fourth-order valence-corrected chi connectivity index (χ4v) is 2.28. The SMILES string of the molecule is O=C(/C=C/c1ccco1)OC(c1ccccc1)c1ccccc1. The summed E-state index contributed by atoms with van der Waals surface area (Å²) in [6.45, 7) is 0. The molecule has 0 saturated carbocycles. The van der Waals surface area contributed by atoms with Crippen LogP contribution in [-0.4, -0.2) is 5.97 Å². The lowest BCUT2D eigenvalue weighted by Gasteiger charge is -2.17. The molecule has 23 heavy (non-hydrogen) atoms. The molecule has 3 aromatic rings. The summed E-state index contributed by atoms with van der Waals surface area (Å²) in [5.74, 6) is 0.192. The molecule has 0 radical (unpaired) electrons. The molecule has 1 aromatic heterocycles. The average molecular weight is 304 g/mol. The number of esters is 1. The van der Waals surface area contributed by atoms with E-state index in [1.54, 1.807) is 24.5 Å². The van der Waals surface area contributed by atoms with Gasteiger partial charge in [0.25, 0.3) is 0 Å². The van der Waals surface area contributed by atoms with Crippen LogP contribution in [0.2, 0.25) is 0 Å². The van der Waals surface area contributed by atoms with Crippen molar-refractivity contribution in [3.63, 3.8) is 0 Å². The zero-order valence-corrected chi connectivity index (χ0v) is 12.5. The Labute approximate surface area is 134 Å². The number of carbonyl (C=O) groups is 1. The van der Waals surface area contributed by atoms with Crippen LogP contribution >= 0.6 is 0 Å². The van der Waals surface area contributed by atoms with E-state index in [0.29, 0.717) is 5.76 Å². The lowest BCUT2D eigenvalue weighted by Crippen LogP contribution is -2.10. The average Bonchev–Trinajstić information content (AvgIpc) is 3.13. The summed E-state index contributed by atoms with van der Waals surface area (Å²) in [7, 11) is 0. The molecule has 0 aliphatic heterocycles. The number of ether oxygens (including phenoxy) is 1. The number of rotatable bonds is 5. The van der Waals surface area contributed by atoms with Gasteiger partial charge in [-0.1, -0.05) is 60.7 Å². The molecule has 3 nitrogen and oxygen atoms in total. The Morgan fingerprint density at radius 3 is 2.00 bits per heavy atom. The third-order valence-corrected chi connectivity index (χ3v) is 3.37. The number of carbonyl (C=O) groups excluding carboxylic acids is 1. The normalized spacial score (nSPS) is 11.0. The van der Waals surface area contributed by atoms with Crippen LogP contribution in [0, 0.1) is 0 Å². The molecule has 0 saturated heterocycles. The first-order valence-corrected chi connectivity index (χ1v) is 7.35. The Balaban J connectivity index is 1.80. The Hall–Kier alpha value is -3.07. The van der Waals surface area contributed by atoms with Crippen molar-refractivity contribution in [1.82, 2.24) is 0 Å². The summed E-state index contributed by atoms with van der Waals surface area (Å²) in [6, 6.07) is 22.9. The van der Waals surface area contributed by atoms with Gasteiger partial charge in [-0.05, 0) is 29.3 Å². The van der Waals surface area contributed by atoms with Crippen LogP contribution in [0.3, 0.4) is 0 Å². The van der Waals surface area contributed by atoms with Gasteiger partial charge in [-0.15, -0.1) is 0 Å². The smallest absolute Gasteiger partial charge is 0.331 e. The number of hydrogen-bond donors (Lipinski definition) is 0. The minimum atomic E-state index is -0.439. The largest absolute Gasteiger partial charge is 0.465 e. The van der Waals surface area contributed by atoms with E-state index in [2.05, 4.69) is 0 Å². The highest BCUT2D eigenvalue weighted by molar-refractivity contribution is 5.86. The maximum absolute atomic E-state index is 12.1. The second-order valence-electron chi connectivity index (χ2n) is 4.99. The van der Waals surface area contributed by atoms with Gasteiger partial charge in [-0.25, -0.2) is 4.79 Å².